The predicted octanol–water partition coefficient (Wildman–Crippen LogP) is 2.18. The van der Waals surface area contributed by atoms with Crippen molar-refractivity contribution in [3.05, 3.63) is 59.4 Å². The van der Waals surface area contributed by atoms with Gasteiger partial charge < -0.3 is 14.4 Å². The standard InChI is InChI=1S/C21H20FN3O3/c22-17-6-5-15(12-23)11-16(17)13-24-7-9-25(10-8-24)21(26)20-14-27-18-3-1-2-4-19(18)28-20/h1-6,11,20H,7-10,13-14H2. The van der Waals surface area contributed by atoms with Gasteiger partial charge in [0.1, 0.15) is 12.4 Å². The zero-order valence-electron chi connectivity index (χ0n) is 15.3. The third-order valence-corrected chi connectivity index (χ3v) is 5.04. The van der Waals surface area contributed by atoms with Gasteiger partial charge in [-0.15, -0.1) is 0 Å². The maximum atomic E-state index is 14.0. The molecular weight excluding hydrogens is 361 g/mol. The highest BCUT2D eigenvalue weighted by Gasteiger charge is 2.32. The average molecular weight is 381 g/mol. The Morgan fingerprint density at radius 2 is 1.89 bits per heavy atom. The summed E-state index contributed by atoms with van der Waals surface area (Å²) in [7, 11) is 0. The quantitative estimate of drug-likeness (QED) is 0.815. The first kappa shape index (κ1) is 18.3. The van der Waals surface area contributed by atoms with E-state index < -0.39 is 6.10 Å². The highest BCUT2D eigenvalue weighted by molar-refractivity contribution is 5.82. The van der Waals surface area contributed by atoms with E-state index in [0.717, 1.165) is 0 Å². The molecule has 1 fully saturated rings. The number of benzene rings is 2. The van der Waals surface area contributed by atoms with Crippen molar-refractivity contribution < 1.29 is 18.7 Å². The highest BCUT2D eigenvalue weighted by Crippen LogP contribution is 2.31. The molecule has 1 atom stereocenters. The average Bonchev–Trinajstić information content (AvgIpc) is 2.75. The lowest BCUT2D eigenvalue weighted by Crippen LogP contribution is -2.53. The molecule has 2 aliphatic rings. The number of nitrogens with zero attached hydrogens (tertiary/aromatic N) is 3. The van der Waals surface area contributed by atoms with Crippen molar-refractivity contribution in [3.8, 4) is 17.6 Å². The topological polar surface area (TPSA) is 65.8 Å². The molecule has 2 heterocycles. The summed E-state index contributed by atoms with van der Waals surface area (Å²) in [6.07, 6.45) is -0.647. The summed E-state index contributed by atoms with van der Waals surface area (Å²) in [6, 6.07) is 13.7. The highest BCUT2D eigenvalue weighted by atomic mass is 19.1. The summed E-state index contributed by atoms with van der Waals surface area (Å²) >= 11 is 0. The number of nitriles is 1. The summed E-state index contributed by atoms with van der Waals surface area (Å²) < 4.78 is 25.4. The molecule has 2 aromatic rings. The van der Waals surface area contributed by atoms with Crippen LogP contribution in [0.5, 0.6) is 11.5 Å². The van der Waals surface area contributed by atoms with Crippen molar-refractivity contribution in [2.45, 2.75) is 12.6 Å². The van der Waals surface area contributed by atoms with Crippen LogP contribution in [0.25, 0.3) is 0 Å². The molecule has 0 bridgehead atoms. The van der Waals surface area contributed by atoms with E-state index in [0.29, 0.717) is 55.3 Å². The maximum Gasteiger partial charge on any atom is 0.267 e. The molecule has 0 N–H and O–H groups in total. The van der Waals surface area contributed by atoms with Crippen LogP contribution < -0.4 is 9.47 Å². The Morgan fingerprint density at radius 3 is 2.64 bits per heavy atom. The maximum absolute atomic E-state index is 14.0. The van der Waals surface area contributed by atoms with Crippen LogP contribution in [0.4, 0.5) is 4.39 Å². The Hall–Kier alpha value is -3.11. The summed E-state index contributed by atoms with van der Waals surface area (Å²) in [5, 5.41) is 8.99. The molecule has 6 nitrogen and oxygen atoms in total. The molecule has 0 aliphatic carbocycles. The minimum absolute atomic E-state index is 0.0909. The van der Waals surface area contributed by atoms with Crippen LogP contribution in [0, 0.1) is 17.1 Å². The fourth-order valence-corrected chi connectivity index (χ4v) is 3.48. The van der Waals surface area contributed by atoms with E-state index in [9.17, 15) is 9.18 Å². The first-order chi connectivity index (χ1) is 13.6. The third kappa shape index (κ3) is 3.78. The first-order valence-electron chi connectivity index (χ1n) is 9.22. The number of hydrogen-bond acceptors (Lipinski definition) is 5. The number of para-hydroxylation sites is 2. The van der Waals surface area contributed by atoms with Gasteiger partial charge in [0.15, 0.2) is 11.5 Å². The van der Waals surface area contributed by atoms with Crippen LogP contribution in [0.3, 0.4) is 0 Å². The van der Waals surface area contributed by atoms with Crippen LogP contribution in [0.2, 0.25) is 0 Å². The van der Waals surface area contributed by atoms with Gasteiger partial charge >= 0.3 is 0 Å². The van der Waals surface area contributed by atoms with Crippen molar-refractivity contribution >= 4 is 5.91 Å². The van der Waals surface area contributed by atoms with Gasteiger partial charge in [0, 0.05) is 38.3 Å². The number of piperazine rings is 1. The second-order valence-electron chi connectivity index (χ2n) is 6.88. The molecule has 1 unspecified atom stereocenters. The molecule has 4 rings (SSSR count). The monoisotopic (exact) mass is 381 g/mol. The number of ether oxygens (including phenoxy) is 2. The van der Waals surface area contributed by atoms with Crippen molar-refractivity contribution in [2.24, 2.45) is 0 Å². The molecule has 1 amide bonds. The van der Waals surface area contributed by atoms with Gasteiger partial charge in [-0.25, -0.2) is 4.39 Å². The number of amides is 1. The smallest absolute Gasteiger partial charge is 0.267 e. The lowest BCUT2D eigenvalue weighted by Gasteiger charge is -2.37. The molecule has 0 aromatic heterocycles. The first-order valence-corrected chi connectivity index (χ1v) is 9.22. The molecule has 28 heavy (non-hydrogen) atoms. The predicted molar refractivity (Wildman–Crippen MR) is 99.3 cm³/mol. The Labute approximate surface area is 162 Å². The molecule has 1 saturated heterocycles. The molecule has 7 heteroatoms. The third-order valence-electron chi connectivity index (χ3n) is 5.04. The van der Waals surface area contributed by atoms with Gasteiger partial charge in [-0.3, -0.25) is 9.69 Å². The van der Waals surface area contributed by atoms with Gasteiger partial charge in [0.2, 0.25) is 6.10 Å². The van der Waals surface area contributed by atoms with Crippen molar-refractivity contribution in [2.75, 3.05) is 32.8 Å². The van der Waals surface area contributed by atoms with E-state index in [1.54, 1.807) is 17.0 Å². The van der Waals surface area contributed by atoms with E-state index in [1.165, 1.54) is 12.1 Å². The fourth-order valence-electron chi connectivity index (χ4n) is 3.48. The Kier molecular flexibility index (Phi) is 5.13. The number of hydrogen-bond donors (Lipinski definition) is 0. The van der Waals surface area contributed by atoms with Crippen LogP contribution in [-0.2, 0) is 11.3 Å². The lowest BCUT2D eigenvalue weighted by atomic mass is 10.1. The molecule has 144 valence electrons. The number of fused-ring (bicyclic) bond motifs is 1. The summed E-state index contributed by atoms with van der Waals surface area (Å²) in [5.41, 5.74) is 0.944. The molecule has 2 aromatic carbocycles. The van der Waals surface area contributed by atoms with Gasteiger partial charge in [-0.1, -0.05) is 12.1 Å². The van der Waals surface area contributed by atoms with Crippen molar-refractivity contribution in [3.63, 3.8) is 0 Å². The van der Waals surface area contributed by atoms with E-state index in [4.69, 9.17) is 14.7 Å². The van der Waals surface area contributed by atoms with Crippen LogP contribution in [0.1, 0.15) is 11.1 Å². The number of rotatable bonds is 3. The summed E-state index contributed by atoms with van der Waals surface area (Å²) in [5.74, 6) is 0.826. The van der Waals surface area contributed by atoms with E-state index in [-0.39, 0.29) is 18.3 Å². The normalized spacial score (nSPS) is 19.1. The number of halogens is 1. The summed E-state index contributed by atoms with van der Waals surface area (Å²) in [4.78, 5) is 16.6. The molecular formula is C21H20FN3O3. The summed E-state index contributed by atoms with van der Waals surface area (Å²) in [6.45, 7) is 2.96. The molecule has 0 saturated carbocycles. The SMILES string of the molecule is N#Cc1ccc(F)c(CN2CCN(C(=O)C3COc4ccccc4O3)CC2)c1. The molecule has 2 aliphatic heterocycles. The van der Waals surface area contributed by atoms with E-state index >= 15 is 0 Å². The Balaban J connectivity index is 1.33. The van der Waals surface area contributed by atoms with Crippen LogP contribution in [0.15, 0.2) is 42.5 Å². The van der Waals surface area contributed by atoms with E-state index in [2.05, 4.69) is 4.90 Å². The largest absolute Gasteiger partial charge is 0.485 e. The zero-order chi connectivity index (χ0) is 19.5. The minimum Gasteiger partial charge on any atom is -0.485 e. The Morgan fingerprint density at radius 1 is 1.14 bits per heavy atom. The fraction of sp³-hybridized carbons (Fsp3) is 0.333. The van der Waals surface area contributed by atoms with Gasteiger partial charge in [0.05, 0.1) is 11.6 Å². The Bertz CT molecular complexity index is 919. The van der Waals surface area contributed by atoms with Crippen LogP contribution in [-0.4, -0.2) is 54.6 Å². The van der Waals surface area contributed by atoms with Gasteiger partial charge in [-0.2, -0.15) is 5.26 Å². The minimum atomic E-state index is -0.647. The van der Waals surface area contributed by atoms with E-state index in [1.807, 2.05) is 24.3 Å². The zero-order valence-corrected chi connectivity index (χ0v) is 15.3. The van der Waals surface area contributed by atoms with Crippen LogP contribution >= 0.6 is 0 Å². The second-order valence-corrected chi connectivity index (χ2v) is 6.88. The number of carbonyl (C=O) groups is 1. The molecule has 0 spiro atoms. The molecule has 0 radical (unpaired) electrons. The van der Waals surface area contributed by atoms with Crippen molar-refractivity contribution in [1.29, 1.82) is 5.26 Å². The lowest BCUT2D eigenvalue weighted by molar-refractivity contribution is -0.143. The number of carbonyl (C=O) groups excluding carboxylic acids is 1. The second kappa shape index (κ2) is 7.87. The van der Waals surface area contributed by atoms with Crippen molar-refractivity contribution in [1.82, 2.24) is 9.80 Å². The van der Waals surface area contributed by atoms with Gasteiger partial charge in [-0.05, 0) is 30.3 Å². The van der Waals surface area contributed by atoms with Gasteiger partial charge in [0.25, 0.3) is 5.91 Å².